The zero-order chi connectivity index (χ0) is 26.8. The fourth-order valence-corrected chi connectivity index (χ4v) is 7.22. The van der Waals surface area contributed by atoms with E-state index < -0.39 is 0 Å². The van der Waals surface area contributed by atoms with Crippen molar-refractivity contribution < 1.29 is 9.90 Å². The molecule has 2 fully saturated rings. The van der Waals surface area contributed by atoms with Crippen molar-refractivity contribution in [3.8, 4) is 11.8 Å². The SMILES string of the molecule is C/C(=C\C(=O)NCc1cn(-c2ccc(C#N)cc2)nn1)CC[C@@H]1C(C)CC[C@@H]2C(C)(C)[C@H](O)CC[C@@]12C. The third-order valence-electron chi connectivity index (χ3n) is 9.43. The van der Waals surface area contributed by atoms with Gasteiger partial charge in [-0.1, -0.05) is 44.9 Å². The van der Waals surface area contributed by atoms with Crippen LogP contribution in [-0.4, -0.2) is 32.1 Å². The molecule has 198 valence electrons. The standard InChI is InChI=1S/C30H41N5O2/c1-20(6-12-25-21(2)7-13-26-29(3,4)27(36)14-15-30(25,26)5)16-28(37)32-18-23-19-35(34-33-23)24-10-8-22(17-31)9-11-24/h8-11,16,19,21,25-27,36H,6-7,12-15,18H2,1-5H3,(H,32,37)/b20-16+/t21?,25-,26-,27-,30+/m1/s1. The quantitative estimate of drug-likeness (QED) is 0.497. The lowest BCUT2D eigenvalue weighted by molar-refractivity contribution is -0.149. The first-order chi connectivity index (χ1) is 17.5. The Morgan fingerprint density at radius 1 is 1.24 bits per heavy atom. The first kappa shape index (κ1) is 27.1. The second kappa shape index (κ2) is 10.8. The monoisotopic (exact) mass is 503 g/mol. The van der Waals surface area contributed by atoms with Crippen LogP contribution in [0.4, 0.5) is 0 Å². The van der Waals surface area contributed by atoms with Crippen LogP contribution in [0.3, 0.4) is 0 Å². The third-order valence-corrected chi connectivity index (χ3v) is 9.43. The largest absolute Gasteiger partial charge is 0.393 e. The Hall–Kier alpha value is -2.98. The zero-order valence-electron chi connectivity index (χ0n) is 22.9. The number of amides is 1. The normalized spacial score (nSPS) is 29.3. The lowest BCUT2D eigenvalue weighted by atomic mass is 9.45. The number of nitrogens with one attached hydrogen (secondary N) is 1. The lowest BCUT2D eigenvalue weighted by Crippen LogP contribution is -2.55. The van der Waals surface area contributed by atoms with E-state index in [1.165, 1.54) is 12.8 Å². The molecule has 2 aliphatic carbocycles. The minimum absolute atomic E-state index is 0.0436. The molecular weight excluding hydrogens is 462 g/mol. The van der Waals surface area contributed by atoms with Gasteiger partial charge in [-0.15, -0.1) is 5.10 Å². The summed E-state index contributed by atoms with van der Waals surface area (Å²) in [4.78, 5) is 12.6. The summed E-state index contributed by atoms with van der Waals surface area (Å²) >= 11 is 0. The minimum atomic E-state index is -0.212. The summed E-state index contributed by atoms with van der Waals surface area (Å²) in [6.07, 6.45) is 9.65. The van der Waals surface area contributed by atoms with E-state index in [1.807, 2.05) is 19.1 Å². The Morgan fingerprint density at radius 2 is 1.97 bits per heavy atom. The highest BCUT2D eigenvalue weighted by Gasteiger charge is 2.56. The van der Waals surface area contributed by atoms with Crippen LogP contribution in [-0.2, 0) is 11.3 Å². The number of carbonyl (C=O) groups is 1. The van der Waals surface area contributed by atoms with Crippen molar-refractivity contribution in [1.82, 2.24) is 20.3 Å². The van der Waals surface area contributed by atoms with E-state index >= 15 is 0 Å². The first-order valence-corrected chi connectivity index (χ1v) is 13.6. The van der Waals surface area contributed by atoms with E-state index in [0.717, 1.165) is 36.9 Å². The summed E-state index contributed by atoms with van der Waals surface area (Å²) in [5.41, 5.74) is 3.35. The van der Waals surface area contributed by atoms with Crippen LogP contribution in [0, 0.1) is 39.9 Å². The number of nitrogens with zero attached hydrogens (tertiary/aromatic N) is 4. The number of benzene rings is 1. The first-order valence-electron chi connectivity index (χ1n) is 13.6. The second-order valence-electron chi connectivity index (χ2n) is 12.2. The predicted octanol–water partition coefficient (Wildman–Crippen LogP) is 5.33. The maximum absolute atomic E-state index is 12.6. The number of fused-ring (bicyclic) bond motifs is 1. The number of allylic oxidation sites excluding steroid dienone is 1. The molecule has 1 aromatic heterocycles. The minimum Gasteiger partial charge on any atom is -0.393 e. The maximum Gasteiger partial charge on any atom is 0.244 e. The lowest BCUT2D eigenvalue weighted by Gasteiger charge is -2.60. The highest BCUT2D eigenvalue weighted by molar-refractivity contribution is 5.88. The summed E-state index contributed by atoms with van der Waals surface area (Å²) in [6, 6.07) is 9.20. The summed E-state index contributed by atoms with van der Waals surface area (Å²) in [6.45, 7) is 11.7. The third kappa shape index (κ3) is 5.65. The molecule has 4 rings (SSSR count). The van der Waals surface area contributed by atoms with Gasteiger partial charge in [0, 0.05) is 6.08 Å². The number of nitriles is 1. The van der Waals surface area contributed by atoms with Gasteiger partial charge in [-0.2, -0.15) is 5.26 Å². The molecule has 2 saturated carbocycles. The average molecular weight is 504 g/mol. The van der Waals surface area contributed by atoms with E-state index in [4.69, 9.17) is 5.26 Å². The molecule has 0 spiro atoms. The van der Waals surface area contributed by atoms with Gasteiger partial charge in [-0.05, 0) is 91.9 Å². The molecule has 1 heterocycles. The van der Waals surface area contributed by atoms with Crippen molar-refractivity contribution in [2.75, 3.05) is 0 Å². The van der Waals surface area contributed by atoms with Gasteiger partial charge < -0.3 is 10.4 Å². The molecule has 1 amide bonds. The average Bonchev–Trinajstić information content (AvgIpc) is 3.34. The van der Waals surface area contributed by atoms with E-state index in [1.54, 1.807) is 29.1 Å². The van der Waals surface area contributed by atoms with Crippen molar-refractivity contribution in [2.24, 2.45) is 28.6 Å². The molecule has 0 saturated heterocycles. The maximum atomic E-state index is 12.6. The van der Waals surface area contributed by atoms with Gasteiger partial charge in [0.25, 0.3) is 0 Å². The van der Waals surface area contributed by atoms with Crippen molar-refractivity contribution in [2.45, 2.75) is 85.8 Å². The van der Waals surface area contributed by atoms with Crippen LogP contribution in [0.2, 0.25) is 0 Å². The number of hydrogen-bond acceptors (Lipinski definition) is 5. The van der Waals surface area contributed by atoms with Crippen LogP contribution in [0.15, 0.2) is 42.1 Å². The topological polar surface area (TPSA) is 104 Å². The number of aromatic nitrogens is 3. The van der Waals surface area contributed by atoms with Crippen molar-refractivity contribution in [3.63, 3.8) is 0 Å². The van der Waals surface area contributed by atoms with Crippen molar-refractivity contribution >= 4 is 5.91 Å². The van der Waals surface area contributed by atoms with Gasteiger partial charge in [0.2, 0.25) is 5.91 Å². The molecule has 7 heteroatoms. The molecule has 2 aliphatic rings. The van der Waals surface area contributed by atoms with Gasteiger partial charge >= 0.3 is 0 Å². The van der Waals surface area contributed by atoms with Crippen LogP contribution < -0.4 is 5.32 Å². The Balaban J connectivity index is 1.32. The second-order valence-corrected chi connectivity index (χ2v) is 12.2. The molecular formula is C30H41N5O2. The van der Waals surface area contributed by atoms with Gasteiger partial charge in [0.05, 0.1) is 36.2 Å². The molecule has 2 aromatic rings. The molecule has 37 heavy (non-hydrogen) atoms. The van der Waals surface area contributed by atoms with Gasteiger partial charge in [0.15, 0.2) is 0 Å². The molecule has 2 N–H and O–H groups in total. The molecule has 0 radical (unpaired) electrons. The molecule has 0 bridgehead atoms. The number of aliphatic hydroxyl groups excluding tert-OH is 1. The summed E-state index contributed by atoms with van der Waals surface area (Å²) in [7, 11) is 0. The smallest absolute Gasteiger partial charge is 0.244 e. The van der Waals surface area contributed by atoms with Gasteiger partial charge in [0.1, 0.15) is 5.69 Å². The number of aliphatic hydroxyl groups is 1. The number of hydrogen-bond donors (Lipinski definition) is 2. The Morgan fingerprint density at radius 3 is 2.68 bits per heavy atom. The van der Waals surface area contributed by atoms with Crippen LogP contribution in [0.5, 0.6) is 0 Å². The summed E-state index contributed by atoms with van der Waals surface area (Å²) in [5, 5.41) is 30.8. The van der Waals surface area contributed by atoms with E-state index in [0.29, 0.717) is 35.6 Å². The molecule has 5 atom stereocenters. The molecule has 0 aliphatic heterocycles. The fraction of sp³-hybridized carbons (Fsp3) is 0.600. The summed E-state index contributed by atoms with van der Waals surface area (Å²) < 4.78 is 1.63. The fourth-order valence-electron chi connectivity index (χ4n) is 7.22. The Kier molecular flexibility index (Phi) is 7.89. The Labute approximate surface area is 221 Å². The molecule has 1 unspecified atom stereocenters. The van der Waals surface area contributed by atoms with Gasteiger partial charge in [-0.25, -0.2) is 4.68 Å². The Bertz CT molecular complexity index is 1180. The van der Waals surface area contributed by atoms with Crippen molar-refractivity contribution in [3.05, 3.63) is 53.4 Å². The van der Waals surface area contributed by atoms with Crippen LogP contribution >= 0.6 is 0 Å². The highest BCUT2D eigenvalue weighted by atomic mass is 16.3. The highest BCUT2D eigenvalue weighted by Crippen LogP contribution is 2.62. The van der Waals surface area contributed by atoms with Crippen LogP contribution in [0.25, 0.3) is 5.69 Å². The predicted molar refractivity (Wildman–Crippen MR) is 143 cm³/mol. The van der Waals surface area contributed by atoms with Gasteiger partial charge in [-0.3, -0.25) is 4.79 Å². The number of carbonyl (C=O) groups excluding carboxylic acids is 1. The zero-order valence-corrected chi connectivity index (χ0v) is 22.9. The van der Waals surface area contributed by atoms with E-state index in [2.05, 4.69) is 49.4 Å². The van der Waals surface area contributed by atoms with Crippen LogP contribution in [0.1, 0.15) is 84.4 Å². The molecule has 1 aromatic carbocycles. The number of rotatable bonds is 7. The van der Waals surface area contributed by atoms with Crippen molar-refractivity contribution in [1.29, 1.82) is 5.26 Å². The molecule has 7 nitrogen and oxygen atoms in total. The van der Waals surface area contributed by atoms with E-state index in [9.17, 15) is 9.90 Å². The van der Waals surface area contributed by atoms with E-state index in [-0.39, 0.29) is 22.8 Å². The summed E-state index contributed by atoms with van der Waals surface area (Å²) in [5.74, 6) is 1.68.